The van der Waals surface area contributed by atoms with Gasteiger partial charge in [-0.3, -0.25) is 14.5 Å². The van der Waals surface area contributed by atoms with Crippen molar-refractivity contribution in [2.75, 3.05) is 18.0 Å². The molecule has 7 heteroatoms. The van der Waals surface area contributed by atoms with E-state index in [2.05, 4.69) is 16.4 Å². The first-order chi connectivity index (χ1) is 12.6. The Morgan fingerprint density at radius 2 is 2.31 bits per heavy atom. The van der Waals surface area contributed by atoms with Crippen LogP contribution in [0, 0.1) is 12.8 Å². The van der Waals surface area contributed by atoms with Crippen molar-refractivity contribution >= 4 is 38.5 Å². The van der Waals surface area contributed by atoms with Gasteiger partial charge in [0.25, 0.3) is 0 Å². The minimum Gasteiger partial charge on any atom is -0.469 e. The summed E-state index contributed by atoms with van der Waals surface area (Å²) >= 11 is 1.49. The third kappa shape index (κ3) is 3.35. The van der Waals surface area contributed by atoms with Gasteiger partial charge in [-0.25, -0.2) is 4.98 Å². The first kappa shape index (κ1) is 16.8. The summed E-state index contributed by atoms with van der Waals surface area (Å²) in [6.07, 6.45) is 2.48. The Bertz CT molecular complexity index is 948. The number of anilines is 1. The molecule has 3 aromatic rings. The molecule has 4 rings (SSSR count). The molecule has 0 bridgehead atoms. The Hall–Kier alpha value is -2.67. The van der Waals surface area contributed by atoms with Crippen molar-refractivity contribution in [3.05, 3.63) is 47.9 Å². The summed E-state index contributed by atoms with van der Waals surface area (Å²) in [6, 6.07) is 9.73. The van der Waals surface area contributed by atoms with Crippen molar-refractivity contribution in [3.63, 3.8) is 0 Å². The van der Waals surface area contributed by atoms with Crippen molar-refractivity contribution in [2.24, 2.45) is 5.92 Å². The summed E-state index contributed by atoms with van der Waals surface area (Å²) in [7, 11) is 0. The fourth-order valence-corrected chi connectivity index (χ4v) is 4.20. The molecule has 2 aromatic heterocycles. The molecule has 0 aliphatic carbocycles. The molecule has 1 atom stereocenters. The third-order valence-corrected chi connectivity index (χ3v) is 5.55. The quantitative estimate of drug-likeness (QED) is 0.750. The van der Waals surface area contributed by atoms with Crippen molar-refractivity contribution in [3.8, 4) is 0 Å². The van der Waals surface area contributed by atoms with Crippen LogP contribution in [0.4, 0.5) is 5.13 Å². The zero-order chi connectivity index (χ0) is 18.1. The highest BCUT2D eigenvalue weighted by Gasteiger charge is 2.36. The summed E-state index contributed by atoms with van der Waals surface area (Å²) in [4.78, 5) is 31.0. The van der Waals surface area contributed by atoms with Crippen LogP contribution < -0.4 is 10.2 Å². The number of fused-ring (bicyclic) bond motifs is 1. The zero-order valence-corrected chi connectivity index (χ0v) is 15.2. The second-order valence-electron chi connectivity index (χ2n) is 6.49. The minimum absolute atomic E-state index is 0.0491. The van der Waals surface area contributed by atoms with E-state index >= 15 is 0 Å². The van der Waals surface area contributed by atoms with Crippen molar-refractivity contribution < 1.29 is 14.0 Å². The van der Waals surface area contributed by atoms with Gasteiger partial charge < -0.3 is 9.73 Å². The monoisotopic (exact) mass is 369 g/mol. The SMILES string of the molecule is Cc1ccc2nc(N3CC(C(=O)NCCc4ccco4)CC3=O)sc2c1. The van der Waals surface area contributed by atoms with E-state index in [-0.39, 0.29) is 24.2 Å². The number of nitrogens with zero attached hydrogens (tertiary/aromatic N) is 2. The topological polar surface area (TPSA) is 75.4 Å². The normalized spacial score (nSPS) is 17.2. The molecule has 1 saturated heterocycles. The predicted octanol–water partition coefficient (Wildman–Crippen LogP) is 2.91. The smallest absolute Gasteiger partial charge is 0.229 e. The van der Waals surface area contributed by atoms with Crippen LogP contribution in [0.5, 0.6) is 0 Å². The lowest BCUT2D eigenvalue weighted by atomic mass is 10.1. The molecule has 1 aliphatic heterocycles. The number of amides is 2. The van der Waals surface area contributed by atoms with Gasteiger partial charge in [0.05, 0.1) is 22.4 Å². The lowest BCUT2D eigenvalue weighted by Crippen LogP contribution is -2.34. The fraction of sp³-hybridized carbons (Fsp3) is 0.316. The van der Waals surface area contributed by atoms with Gasteiger partial charge in [-0.05, 0) is 36.8 Å². The van der Waals surface area contributed by atoms with Gasteiger partial charge in [0.15, 0.2) is 5.13 Å². The van der Waals surface area contributed by atoms with E-state index in [9.17, 15) is 9.59 Å². The highest BCUT2D eigenvalue weighted by atomic mass is 32.1. The molecule has 1 aliphatic rings. The van der Waals surface area contributed by atoms with Crippen LogP contribution in [0.25, 0.3) is 10.2 Å². The number of aromatic nitrogens is 1. The maximum atomic E-state index is 12.4. The van der Waals surface area contributed by atoms with Crippen LogP contribution in [0.3, 0.4) is 0 Å². The number of aryl methyl sites for hydroxylation is 1. The maximum absolute atomic E-state index is 12.4. The van der Waals surface area contributed by atoms with Gasteiger partial charge in [-0.1, -0.05) is 17.4 Å². The Morgan fingerprint density at radius 1 is 1.42 bits per heavy atom. The van der Waals surface area contributed by atoms with E-state index in [0.29, 0.717) is 24.6 Å². The molecule has 6 nitrogen and oxygen atoms in total. The number of carbonyl (C=O) groups is 2. The molecule has 0 saturated carbocycles. The molecule has 26 heavy (non-hydrogen) atoms. The average Bonchev–Trinajstić information content (AvgIpc) is 3.33. The highest BCUT2D eigenvalue weighted by Crippen LogP contribution is 2.33. The Labute approximate surface area is 154 Å². The summed E-state index contributed by atoms with van der Waals surface area (Å²) < 4.78 is 6.30. The van der Waals surface area contributed by atoms with Crippen LogP contribution in [-0.4, -0.2) is 29.9 Å². The fourth-order valence-electron chi connectivity index (χ4n) is 3.11. The van der Waals surface area contributed by atoms with Gasteiger partial charge in [0.1, 0.15) is 5.76 Å². The minimum atomic E-state index is -0.340. The van der Waals surface area contributed by atoms with E-state index in [1.165, 1.54) is 11.3 Å². The van der Waals surface area contributed by atoms with Gasteiger partial charge in [0, 0.05) is 25.9 Å². The van der Waals surface area contributed by atoms with Crippen molar-refractivity contribution in [2.45, 2.75) is 19.8 Å². The van der Waals surface area contributed by atoms with Gasteiger partial charge in [-0.15, -0.1) is 0 Å². The molecule has 1 N–H and O–H groups in total. The largest absolute Gasteiger partial charge is 0.469 e. The molecule has 3 heterocycles. The second-order valence-corrected chi connectivity index (χ2v) is 7.50. The number of benzene rings is 1. The lowest BCUT2D eigenvalue weighted by molar-refractivity contribution is -0.126. The molecule has 1 fully saturated rings. The van der Waals surface area contributed by atoms with Gasteiger partial charge in [0.2, 0.25) is 11.8 Å². The van der Waals surface area contributed by atoms with Crippen LogP contribution in [0.1, 0.15) is 17.7 Å². The van der Waals surface area contributed by atoms with Crippen LogP contribution >= 0.6 is 11.3 Å². The van der Waals surface area contributed by atoms with Gasteiger partial charge in [-0.2, -0.15) is 0 Å². The zero-order valence-electron chi connectivity index (χ0n) is 14.4. The molecule has 1 aromatic carbocycles. The number of furan rings is 1. The Balaban J connectivity index is 1.40. The number of hydrogen-bond donors (Lipinski definition) is 1. The molecular formula is C19H19N3O3S. The number of rotatable bonds is 5. The standard InChI is InChI=1S/C19H19N3O3S/c1-12-4-5-15-16(9-12)26-19(21-15)22-11-13(10-17(22)23)18(24)20-7-6-14-3-2-8-25-14/h2-5,8-9,13H,6-7,10-11H2,1H3,(H,20,24). The number of hydrogen-bond acceptors (Lipinski definition) is 5. The van der Waals surface area contributed by atoms with Crippen molar-refractivity contribution in [1.29, 1.82) is 0 Å². The second kappa shape index (κ2) is 6.92. The van der Waals surface area contributed by atoms with Crippen LogP contribution in [0.15, 0.2) is 41.0 Å². The lowest BCUT2D eigenvalue weighted by Gasteiger charge is -2.13. The molecule has 134 valence electrons. The van der Waals surface area contributed by atoms with Crippen LogP contribution in [0.2, 0.25) is 0 Å². The summed E-state index contributed by atoms with van der Waals surface area (Å²) in [5.41, 5.74) is 2.05. The molecule has 2 amide bonds. The van der Waals surface area contributed by atoms with E-state index in [4.69, 9.17) is 4.42 Å². The van der Waals surface area contributed by atoms with E-state index in [1.807, 2.05) is 31.2 Å². The molecule has 0 radical (unpaired) electrons. The number of thiazole rings is 1. The molecular weight excluding hydrogens is 350 g/mol. The summed E-state index contributed by atoms with van der Waals surface area (Å²) in [6.45, 7) is 2.91. The highest BCUT2D eigenvalue weighted by molar-refractivity contribution is 7.22. The summed E-state index contributed by atoms with van der Waals surface area (Å²) in [5, 5.41) is 3.56. The molecule has 0 spiro atoms. The Kier molecular flexibility index (Phi) is 4.46. The number of carbonyl (C=O) groups excluding carboxylic acids is 2. The van der Waals surface area contributed by atoms with Crippen molar-refractivity contribution in [1.82, 2.24) is 10.3 Å². The van der Waals surface area contributed by atoms with Gasteiger partial charge >= 0.3 is 0 Å². The third-order valence-electron chi connectivity index (χ3n) is 4.51. The van der Waals surface area contributed by atoms with E-state index in [1.54, 1.807) is 11.2 Å². The predicted molar refractivity (Wildman–Crippen MR) is 100 cm³/mol. The number of nitrogens with one attached hydrogen (secondary N) is 1. The average molecular weight is 369 g/mol. The molecule has 1 unspecified atom stereocenters. The maximum Gasteiger partial charge on any atom is 0.229 e. The first-order valence-corrected chi connectivity index (χ1v) is 9.39. The first-order valence-electron chi connectivity index (χ1n) is 8.58. The van der Waals surface area contributed by atoms with Crippen LogP contribution in [-0.2, 0) is 16.0 Å². The van der Waals surface area contributed by atoms with E-state index in [0.717, 1.165) is 21.5 Å². The summed E-state index contributed by atoms with van der Waals surface area (Å²) in [5.74, 6) is 0.350. The Morgan fingerprint density at radius 3 is 3.12 bits per heavy atom. The van der Waals surface area contributed by atoms with E-state index < -0.39 is 0 Å².